The molecule has 2 unspecified atom stereocenters. The first kappa shape index (κ1) is 13.3. The highest BCUT2D eigenvalue weighted by Gasteiger charge is 2.20. The van der Waals surface area contributed by atoms with E-state index in [2.05, 4.69) is 67.7 Å². The number of ether oxygens (including phenoxy) is 1. The smallest absolute Gasteiger partial charge is 0.0953 e. The van der Waals surface area contributed by atoms with Gasteiger partial charge in [0.1, 0.15) is 0 Å². The summed E-state index contributed by atoms with van der Waals surface area (Å²) in [6.07, 6.45) is 0.429. The highest BCUT2D eigenvalue weighted by Crippen LogP contribution is 2.28. The fraction of sp³-hybridized carbons (Fsp3) is 0.333. The Balaban J connectivity index is 1.92. The number of hydrogen-bond acceptors (Lipinski definition) is 2. The molecule has 1 aliphatic rings. The van der Waals surface area contributed by atoms with Crippen LogP contribution < -0.4 is 5.32 Å². The SMILES string of the molecule is Cc1ccccc1-c1cccc(C2CNCC(C)O2)c1. The molecule has 2 heteroatoms. The summed E-state index contributed by atoms with van der Waals surface area (Å²) in [4.78, 5) is 0. The molecular weight excluding hydrogens is 246 g/mol. The molecule has 3 rings (SSSR count). The van der Waals surface area contributed by atoms with Crippen molar-refractivity contribution < 1.29 is 4.74 Å². The summed E-state index contributed by atoms with van der Waals surface area (Å²) >= 11 is 0. The Morgan fingerprint density at radius 3 is 2.70 bits per heavy atom. The molecule has 0 saturated carbocycles. The van der Waals surface area contributed by atoms with Gasteiger partial charge in [-0.05, 0) is 42.2 Å². The summed E-state index contributed by atoms with van der Waals surface area (Å²) in [5.41, 5.74) is 5.12. The maximum absolute atomic E-state index is 6.03. The second kappa shape index (κ2) is 5.78. The Hall–Kier alpha value is -1.64. The molecule has 0 spiro atoms. The number of benzene rings is 2. The Kier molecular flexibility index (Phi) is 3.86. The van der Waals surface area contributed by atoms with E-state index in [1.54, 1.807) is 0 Å². The van der Waals surface area contributed by atoms with Crippen LogP contribution in [0, 0.1) is 6.92 Å². The zero-order valence-corrected chi connectivity index (χ0v) is 12.1. The van der Waals surface area contributed by atoms with Crippen LogP contribution in [0.3, 0.4) is 0 Å². The third kappa shape index (κ3) is 2.77. The molecule has 1 saturated heterocycles. The van der Waals surface area contributed by atoms with Gasteiger partial charge in [-0.25, -0.2) is 0 Å². The van der Waals surface area contributed by atoms with Crippen LogP contribution in [0.4, 0.5) is 0 Å². The fourth-order valence-electron chi connectivity index (χ4n) is 2.79. The molecule has 104 valence electrons. The zero-order valence-electron chi connectivity index (χ0n) is 12.1. The van der Waals surface area contributed by atoms with Gasteiger partial charge in [0, 0.05) is 13.1 Å². The lowest BCUT2D eigenvalue weighted by Gasteiger charge is -2.29. The lowest BCUT2D eigenvalue weighted by atomic mass is 9.97. The molecule has 20 heavy (non-hydrogen) atoms. The maximum atomic E-state index is 6.03. The van der Waals surface area contributed by atoms with E-state index in [9.17, 15) is 0 Å². The van der Waals surface area contributed by atoms with Crippen LogP contribution in [0.1, 0.15) is 24.2 Å². The second-order valence-electron chi connectivity index (χ2n) is 5.53. The van der Waals surface area contributed by atoms with Crippen molar-refractivity contribution in [2.75, 3.05) is 13.1 Å². The summed E-state index contributed by atoms with van der Waals surface area (Å²) < 4.78 is 6.03. The van der Waals surface area contributed by atoms with Crippen LogP contribution in [0.5, 0.6) is 0 Å². The Morgan fingerprint density at radius 2 is 1.90 bits per heavy atom. The molecule has 1 N–H and O–H groups in total. The van der Waals surface area contributed by atoms with Gasteiger partial charge in [-0.3, -0.25) is 0 Å². The molecular formula is C18H21NO. The van der Waals surface area contributed by atoms with Gasteiger partial charge in [-0.2, -0.15) is 0 Å². The molecule has 1 heterocycles. The summed E-state index contributed by atoms with van der Waals surface area (Å²) in [5, 5.41) is 3.43. The molecule has 2 aromatic carbocycles. The highest BCUT2D eigenvalue weighted by molar-refractivity contribution is 5.67. The fourth-order valence-corrected chi connectivity index (χ4v) is 2.79. The normalized spacial score (nSPS) is 22.7. The second-order valence-corrected chi connectivity index (χ2v) is 5.53. The van der Waals surface area contributed by atoms with Gasteiger partial charge >= 0.3 is 0 Å². The van der Waals surface area contributed by atoms with Gasteiger partial charge in [0.15, 0.2) is 0 Å². The van der Waals surface area contributed by atoms with E-state index in [1.807, 2.05) is 0 Å². The number of morpholine rings is 1. The van der Waals surface area contributed by atoms with Gasteiger partial charge in [-0.15, -0.1) is 0 Å². The van der Waals surface area contributed by atoms with Crippen molar-refractivity contribution in [2.45, 2.75) is 26.1 Å². The van der Waals surface area contributed by atoms with Crippen molar-refractivity contribution in [2.24, 2.45) is 0 Å². The summed E-state index contributed by atoms with van der Waals surface area (Å²) in [7, 11) is 0. The minimum atomic E-state index is 0.155. The average molecular weight is 267 g/mol. The lowest BCUT2D eigenvalue weighted by molar-refractivity contribution is -0.0286. The van der Waals surface area contributed by atoms with E-state index < -0.39 is 0 Å². The highest BCUT2D eigenvalue weighted by atomic mass is 16.5. The van der Waals surface area contributed by atoms with Crippen LogP contribution in [-0.4, -0.2) is 19.2 Å². The van der Waals surface area contributed by atoms with E-state index in [0.717, 1.165) is 13.1 Å². The van der Waals surface area contributed by atoms with Gasteiger partial charge in [0.05, 0.1) is 12.2 Å². The van der Waals surface area contributed by atoms with Gasteiger partial charge in [0.25, 0.3) is 0 Å². The van der Waals surface area contributed by atoms with Crippen LogP contribution in [0.2, 0.25) is 0 Å². The van der Waals surface area contributed by atoms with Crippen molar-refractivity contribution in [1.29, 1.82) is 0 Å². The monoisotopic (exact) mass is 267 g/mol. The molecule has 1 aliphatic heterocycles. The number of aryl methyl sites for hydroxylation is 1. The number of hydrogen-bond donors (Lipinski definition) is 1. The molecule has 0 radical (unpaired) electrons. The Labute approximate surface area is 120 Å². The van der Waals surface area contributed by atoms with Crippen molar-refractivity contribution in [1.82, 2.24) is 5.32 Å². The van der Waals surface area contributed by atoms with E-state index >= 15 is 0 Å². The predicted molar refractivity (Wildman–Crippen MR) is 82.8 cm³/mol. The van der Waals surface area contributed by atoms with Crippen LogP contribution >= 0.6 is 0 Å². The standard InChI is InChI=1S/C18H21NO/c1-13-6-3-4-9-17(13)15-7-5-8-16(10-15)18-12-19-11-14(2)20-18/h3-10,14,18-19H,11-12H2,1-2H3. The van der Waals surface area contributed by atoms with Crippen LogP contribution in [0.15, 0.2) is 48.5 Å². The largest absolute Gasteiger partial charge is 0.368 e. The molecule has 0 amide bonds. The lowest BCUT2D eigenvalue weighted by Crippen LogP contribution is -2.38. The van der Waals surface area contributed by atoms with Gasteiger partial charge < -0.3 is 10.1 Å². The molecule has 0 aromatic heterocycles. The van der Waals surface area contributed by atoms with Crippen molar-refractivity contribution >= 4 is 0 Å². The molecule has 0 bridgehead atoms. The maximum Gasteiger partial charge on any atom is 0.0953 e. The average Bonchev–Trinajstić information content (AvgIpc) is 2.48. The first-order valence-electron chi connectivity index (χ1n) is 7.26. The minimum Gasteiger partial charge on any atom is -0.368 e. The Bertz CT molecular complexity index is 593. The van der Waals surface area contributed by atoms with Crippen LogP contribution in [-0.2, 0) is 4.74 Å². The summed E-state index contributed by atoms with van der Waals surface area (Å²) in [6, 6.07) is 17.2. The number of rotatable bonds is 2. The third-order valence-electron chi connectivity index (χ3n) is 3.87. The summed E-state index contributed by atoms with van der Waals surface area (Å²) in [5.74, 6) is 0. The van der Waals surface area contributed by atoms with E-state index in [-0.39, 0.29) is 12.2 Å². The summed E-state index contributed by atoms with van der Waals surface area (Å²) in [6.45, 7) is 6.10. The molecule has 2 atom stereocenters. The van der Waals surface area contributed by atoms with E-state index in [1.165, 1.54) is 22.3 Å². The third-order valence-corrected chi connectivity index (χ3v) is 3.87. The molecule has 1 fully saturated rings. The van der Waals surface area contributed by atoms with Crippen LogP contribution in [0.25, 0.3) is 11.1 Å². The molecule has 0 aliphatic carbocycles. The van der Waals surface area contributed by atoms with Crippen molar-refractivity contribution in [3.8, 4) is 11.1 Å². The first-order chi connectivity index (χ1) is 9.74. The van der Waals surface area contributed by atoms with Crippen molar-refractivity contribution in [3.05, 3.63) is 59.7 Å². The van der Waals surface area contributed by atoms with Gasteiger partial charge in [-0.1, -0.05) is 42.5 Å². The Morgan fingerprint density at radius 1 is 1.05 bits per heavy atom. The number of nitrogens with one attached hydrogen (secondary N) is 1. The first-order valence-corrected chi connectivity index (χ1v) is 7.26. The molecule has 2 aromatic rings. The predicted octanol–water partition coefficient (Wildman–Crippen LogP) is 3.71. The van der Waals surface area contributed by atoms with Crippen molar-refractivity contribution in [3.63, 3.8) is 0 Å². The zero-order chi connectivity index (χ0) is 13.9. The van der Waals surface area contributed by atoms with E-state index in [0.29, 0.717) is 0 Å². The minimum absolute atomic E-state index is 0.155. The molecule has 2 nitrogen and oxygen atoms in total. The van der Waals surface area contributed by atoms with Gasteiger partial charge in [0.2, 0.25) is 0 Å². The quantitative estimate of drug-likeness (QED) is 0.895. The van der Waals surface area contributed by atoms with E-state index in [4.69, 9.17) is 4.74 Å². The topological polar surface area (TPSA) is 21.3 Å².